The number of rotatable bonds is 3. The number of aryl methyl sites for hydroxylation is 1. The number of primary amides is 1. The number of halogens is 1. The number of nitrogens with two attached hydrogens (primary N) is 1. The molecule has 0 radical (unpaired) electrons. The minimum Gasteiger partial charge on any atom is -0.351 e. The molecule has 0 heterocycles. The molecule has 5 nitrogen and oxygen atoms in total. The maximum atomic E-state index is 12.2. The summed E-state index contributed by atoms with van der Waals surface area (Å²) in [6.45, 7) is 1.94. The van der Waals surface area contributed by atoms with E-state index in [1.165, 1.54) is 0 Å². The molecule has 4 N–H and O–H groups in total. The molecule has 0 aliphatic rings. The van der Waals surface area contributed by atoms with Crippen LogP contribution in [0.3, 0.4) is 0 Å². The highest BCUT2D eigenvalue weighted by Gasteiger charge is 2.08. The third-order valence-corrected chi connectivity index (χ3v) is 3.52. The van der Waals surface area contributed by atoms with Crippen LogP contribution in [0.15, 0.2) is 42.5 Å². The third-order valence-electron chi connectivity index (χ3n) is 2.85. The number of carbonyl (C=O) groups excluding carboxylic acids is 2. The maximum absolute atomic E-state index is 12.2. The van der Waals surface area contributed by atoms with Gasteiger partial charge in [0, 0.05) is 20.5 Å². The fourth-order valence-corrected chi connectivity index (χ4v) is 2.46. The zero-order chi connectivity index (χ0) is 15.4. The molecule has 6 heteroatoms. The summed E-state index contributed by atoms with van der Waals surface area (Å²) in [5.41, 5.74) is 7.85. The van der Waals surface area contributed by atoms with Crippen LogP contribution in [0.1, 0.15) is 15.9 Å². The van der Waals surface area contributed by atoms with Gasteiger partial charge in [-0.1, -0.05) is 0 Å². The molecule has 0 saturated heterocycles. The van der Waals surface area contributed by atoms with Crippen LogP contribution >= 0.6 is 22.6 Å². The van der Waals surface area contributed by atoms with Gasteiger partial charge >= 0.3 is 6.03 Å². The Morgan fingerprint density at radius 3 is 2.29 bits per heavy atom. The lowest BCUT2D eigenvalue weighted by Crippen LogP contribution is -2.19. The molecule has 0 aromatic heterocycles. The van der Waals surface area contributed by atoms with Gasteiger partial charge in [0.1, 0.15) is 0 Å². The predicted octanol–water partition coefficient (Wildman–Crippen LogP) is 3.34. The Kier molecular flexibility index (Phi) is 4.79. The van der Waals surface area contributed by atoms with Gasteiger partial charge < -0.3 is 16.4 Å². The number of benzene rings is 2. The Balaban J connectivity index is 2.11. The highest BCUT2D eigenvalue weighted by Crippen LogP contribution is 2.19. The van der Waals surface area contributed by atoms with Gasteiger partial charge in [0.25, 0.3) is 5.91 Å². The van der Waals surface area contributed by atoms with Gasteiger partial charge in [0.2, 0.25) is 0 Å². The first-order valence-electron chi connectivity index (χ1n) is 6.20. The smallest absolute Gasteiger partial charge is 0.316 e. The predicted molar refractivity (Wildman–Crippen MR) is 91.5 cm³/mol. The Morgan fingerprint density at radius 1 is 1.05 bits per heavy atom. The van der Waals surface area contributed by atoms with Gasteiger partial charge in [-0.05, 0) is 77.5 Å². The van der Waals surface area contributed by atoms with Gasteiger partial charge in [0.05, 0.1) is 0 Å². The van der Waals surface area contributed by atoms with Crippen molar-refractivity contribution in [3.63, 3.8) is 0 Å². The average Bonchev–Trinajstić information content (AvgIpc) is 2.42. The molecule has 0 aliphatic carbocycles. The molecule has 21 heavy (non-hydrogen) atoms. The largest absolute Gasteiger partial charge is 0.351 e. The van der Waals surface area contributed by atoms with Crippen molar-refractivity contribution in [2.45, 2.75) is 6.92 Å². The molecule has 0 saturated carbocycles. The molecule has 0 aliphatic heterocycles. The first-order chi connectivity index (χ1) is 9.95. The van der Waals surface area contributed by atoms with Crippen molar-refractivity contribution in [1.82, 2.24) is 0 Å². The van der Waals surface area contributed by atoms with Crippen LogP contribution < -0.4 is 16.4 Å². The number of hydrogen-bond donors (Lipinski definition) is 3. The quantitative estimate of drug-likeness (QED) is 0.697. The molecule has 0 bridgehead atoms. The van der Waals surface area contributed by atoms with Crippen molar-refractivity contribution in [2.24, 2.45) is 5.73 Å². The topological polar surface area (TPSA) is 84.2 Å². The van der Waals surface area contributed by atoms with Gasteiger partial charge in [-0.25, -0.2) is 4.79 Å². The Hall–Kier alpha value is -2.09. The van der Waals surface area contributed by atoms with E-state index in [1.54, 1.807) is 24.3 Å². The molecular formula is C15H14IN3O2. The standard InChI is InChI=1S/C15H14IN3O2/c1-9-8-11(16)4-7-13(9)19-14(20)10-2-5-12(6-3-10)18-15(17)21/h2-8H,1H3,(H,19,20)(H3,17,18,21). The molecule has 0 fully saturated rings. The highest BCUT2D eigenvalue weighted by atomic mass is 127. The van der Waals surface area contributed by atoms with Crippen LogP contribution in [0.4, 0.5) is 16.2 Å². The number of hydrogen-bond acceptors (Lipinski definition) is 2. The number of anilines is 2. The van der Waals surface area contributed by atoms with E-state index in [4.69, 9.17) is 5.73 Å². The van der Waals surface area contributed by atoms with E-state index in [0.29, 0.717) is 11.3 Å². The van der Waals surface area contributed by atoms with Crippen LogP contribution in [0, 0.1) is 10.5 Å². The van der Waals surface area contributed by atoms with Gasteiger partial charge in [-0.2, -0.15) is 0 Å². The summed E-state index contributed by atoms with van der Waals surface area (Å²) in [6, 6.07) is 11.7. The van der Waals surface area contributed by atoms with Crippen LogP contribution in [0.5, 0.6) is 0 Å². The lowest BCUT2D eigenvalue weighted by molar-refractivity contribution is 0.102. The maximum Gasteiger partial charge on any atom is 0.316 e. The number of urea groups is 1. The minimum atomic E-state index is -0.637. The van der Waals surface area contributed by atoms with E-state index >= 15 is 0 Å². The Morgan fingerprint density at radius 2 is 1.71 bits per heavy atom. The molecule has 0 unspecified atom stereocenters. The van der Waals surface area contributed by atoms with Crippen LogP contribution in [0.25, 0.3) is 0 Å². The zero-order valence-electron chi connectivity index (χ0n) is 11.3. The van der Waals surface area contributed by atoms with Crippen molar-refractivity contribution < 1.29 is 9.59 Å². The van der Waals surface area contributed by atoms with Crippen molar-refractivity contribution in [1.29, 1.82) is 0 Å². The Labute approximate surface area is 136 Å². The average molecular weight is 395 g/mol. The second-order valence-corrected chi connectivity index (χ2v) is 5.73. The van der Waals surface area contributed by atoms with Crippen molar-refractivity contribution >= 4 is 45.9 Å². The normalized spacial score (nSPS) is 10.0. The summed E-state index contributed by atoms with van der Waals surface area (Å²) in [5.74, 6) is -0.204. The fourth-order valence-electron chi connectivity index (χ4n) is 1.81. The third kappa shape index (κ3) is 4.19. The van der Waals surface area contributed by atoms with E-state index in [0.717, 1.165) is 14.8 Å². The van der Waals surface area contributed by atoms with Gasteiger partial charge in [-0.3, -0.25) is 4.79 Å². The van der Waals surface area contributed by atoms with E-state index in [-0.39, 0.29) is 5.91 Å². The van der Waals surface area contributed by atoms with Crippen LogP contribution in [-0.4, -0.2) is 11.9 Å². The summed E-state index contributed by atoms with van der Waals surface area (Å²) < 4.78 is 1.12. The minimum absolute atomic E-state index is 0.204. The summed E-state index contributed by atoms with van der Waals surface area (Å²) in [6.07, 6.45) is 0. The van der Waals surface area contributed by atoms with Gasteiger partial charge in [-0.15, -0.1) is 0 Å². The number of amides is 3. The van der Waals surface area contributed by atoms with Gasteiger partial charge in [0.15, 0.2) is 0 Å². The molecule has 0 atom stereocenters. The molecule has 2 aromatic rings. The molecular weight excluding hydrogens is 381 g/mol. The number of carbonyl (C=O) groups is 2. The lowest BCUT2D eigenvalue weighted by Gasteiger charge is -2.09. The summed E-state index contributed by atoms with van der Waals surface area (Å²) >= 11 is 2.22. The second kappa shape index (κ2) is 6.57. The fraction of sp³-hybridized carbons (Fsp3) is 0.0667. The molecule has 2 rings (SSSR count). The first kappa shape index (κ1) is 15.3. The number of nitrogens with one attached hydrogen (secondary N) is 2. The van der Waals surface area contributed by atoms with E-state index in [9.17, 15) is 9.59 Å². The molecule has 3 amide bonds. The summed E-state index contributed by atoms with van der Waals surface area (Å²) in [7, 11) is 0. The van der Waals surface area contributed by atoms with E-state index in [2.05, 4.69) is 33.2 Å². The van der Waals surface area contributed by atoms with Crippen LogP contribution in [0.2, 0.25) is 0 Å². The summed E-state index contributed by atoms with van der Waals surface area (Å²) in [5, 5.41) is 5.30. The van der Waals surface area contributed by atoms with Crippen molar-refractivity contribution in [3.8, 4) is 0 Å². The summed E-state index contributed by atoms with van der Waals surface area (Å²) in [4.78, 5) is 22.9. The SMILES string of the molecule is Cc1cc(I)ccc1NC(=O)c1ccc(NC(N)=O)cc1. The van der Waals surface area contributed by atoms with Crippen molar-refractivity contribution in [2.75, 3.05) is 10.6 Å². The lowest BCUT2D eigenvalue weighted by atomic mass is 10.1. The molecule has 2 aromatic carbocycles. The highest BCUT2D eigenvalue weighted by molar-refractivity contribution is 14.1. The van der Waals surface area contributed by atoms with Crippen LogP contribution in [-0.2, 0) is 0 Å². The monoisotopic (exact) mass is 395 g/mol. The van der Waals surface area contributed by atoms with E-state index in [1.807, 2.05) is 25.1 Å². The zero-order valence-corrected chi connectivity index (χ0v) is 13.5. The molecule has 108 valence electrons. The van der Waals surface area contributed by atoms with Crippen molar-refractivity contribution in [3.05, 3.63) is 57.2 Å². The van der Waals surface area contributed by atoms with E-state index < -0.39 is 6.03 Å². The Bertz CT molecular complexity index is 684. The first-order valence-corrected chi connectivity index (χ1v) is 7.27. The molecule has 0 spiro atoms. The second-order valence-electron chi connectivity index (χ2n) is 4.48.